The van der Waals surface area contributed by atoms with E-state index in [0.717, 1.165) is 0 Å². The molecule has 0 aliphatic rings. The number of carbonyl (C=O) groups is 5. The van der Waals surface area contributed by atoms with Crippen molar-refractivity contribution < 1.29 is 34.2 Å². The minimum Gasteiger partial charge on any atom is -0.481 e. The highest BCUT2D eigenvalue weighted by Crippen LogP contribution is 2.09. The van der Waals surface area contributed by atoms with Crippen molar-refractivity contribution in [1.82, 2.24) is 16.0 Å². The van der Waals surface area contributed by atoms with E-state index in [4.69, 9.17) is 22.3 Å². The van der Waals surface area contributed by atoms with Gasteiger partial charge in [0.05, 0.1) is 6.04 Å². The summed E-state index contributed by atoms with van der Waals surface area (Å²) in [4.78, 5) is 64.6. The maximum Gasteiger partial charge on any atom is 0.326 e. The first-order valence-electron chi connectivity index (χ1n) is 11.9. The van der Waals surface area contributed by atoms with Crippen LogP contribution in [0.2, 0.25) is 0 Å². The van der Waals surface area contributed by atoms with Crippen LogP contribution in [0.1, 0.15) is 52.4 Å². The second kappa shape index (κ2) is 18.2. The lowest BCUT2D eigenvalue weighted by molar-refractivity contribution is -0.143. The van der Waals surface area contributed by atoms with Gasteiger partial charge in [-0.3, -0.25) is 24.2 Å². The quantitative estimate of drug-likeness (QED) is 0.0528. The molecule has 4 atom stereocenters. The van der Waals surface area contributed by atoms with Crippen LogP contribution in [0.3, 0.4) is 0 Å². The predicted molar refractivity (Wildman–Crippen MR) is 141 cm³/mol. The van der Waals surface area contributed by atoms with Crippen LogP contribution < -0.4 is 33.2 Å². The second-order valence-electron chi connectivity index (χ2n) is 8.92. The molecule has 0 rings (SSSR count). The van der Waals surface area contributed by atoms with Crippen LogP contribution >= 0.6 is 11.8 Å². The third kappa shape index (κ3) is 15.6. The van der Waals surface area contributed by atoms with E-state index in [9.17, 15) is 29.1 Å². The zero-order valence-electron chi connectivity index (χ0n) is 21.6. The Morgan fingerprint density at radius 3 is 1.95 bits per heavy atom. The van der Waals surface area contributed by atoms with E-state index in [1.807, 2.05) is 13.8 Å². The molecule has 0 bridgehead atoms. The van der Waals surface area contributed by atoms with Crippen molar-refractivity contribution >= 4 is 47.4 Å². The molecule has 0 fully saturated rings. The molecule has 3 amide bonds. The van der Waals surface area contributed by atoms with E-state index < -0.39 is 60.2 Å². The largest absolute Gasteiger partial charge is 0.481 e. The van der Waals surface area contributed by atoms with Gasteiger partial charge in [-0.15, -0.1) is 0 Å². The second-order valence-corrected chi connectivity index (χ2v) is 9.91. The van der Waals surface area contributed by atoms with Gasteiger partial charge in [0.15, 0.2) is 5.96 Å². The minimum absolute atomic E-state index is 0.0139. The molecule has 4 unspecified atom stereocenters. The van der Waals surface area contributed by atoms with Gasteiger partial charge in [-0.25, -0.2) is 4.79 Å². The fourth-order valence-corrected chi connectivity index (χ4v) is 3.68. The first-order valence-corrected chi connectivity index (χ1v) is 13.3. The third-order valence-corrected chi connectivity index (χ3v) is 5.79. The molecule has 0 aliphatic heterocycles. The molecule has 0 aromatic heterocycles. The van der Waals surface area contributed by atoms with Gasteiger partial charge < -0.3 is 43.4 Å². The lowest BCUT2D eigenvalue weighted by Gasteiger charge is -2.26. The van der Waals surface area contributed by atoms with E-state index in [0.29, 0.717) is 18.7 Å². The number of nitrogens with one attached hydrogen (secondary N) is 3. The van der Waals surface area contributed by atoms with Gasteiger partial charge in [-0.2, -0.15) is 11.8 Å². The molecule has 14 nitrogen and oxygen atoms in total. The number of guanidine groups is 1. The van der Waals surface area contributed by atoms with E-state index in [2.05, 4.69) is 20.9 Å². The summed E-state index contributed by atoms with van der Waals surface area (Å²) in [5, 5.41) is 25.7. The summed E-state index contributed by atoms with van der Waals surface area (Å²) >= 11 is 1.42. The Morgan fingerprint density at radius 1 is 0.865 bits per heavy atom. The Balaban J connectivity index is 5.39. The van der Waals surface area contributed by atoms with Crippen LogP contribution in [0.15, 0.2) is 4.99 Å². The number of amides is 3. The molecular weight excluding hydrogens is 506 g/mol. The van der Waals surface area contributed by atoms with Gasteiger partial charge in [0, 0.05) is 13.0 Å². The average molecular weight is 548 g/mol. The van der Waals surface area contributed by atoms with Crippen molar-refractivity contribution in [2.45, 2.75) is 76.5 Å². The van der Waals surface area contributed by atoms with E-state index in [1.54, 1.807) is 6.26 Å². The van der Waals surface area contributed by atoms with Crippen molar-refractivity contribution in [3.63, 3.8) is 0 Å². The summed E-state index contributed by atoms with van der Waals surface area (Å²) in [5.41, 5.74) is 16.5. The summed E-state index contributed by atoms with van der Waals surface area (Å²) in [5.74, 6) is -4.08. The molecule has 0 heterocycles. The van der Waals surface area contributed by atoms with Crippen LogP contribution in [0.25, 0.3) is 0 Å². The maximum atomic E-state index is 13.1. The van der Waals surface area contributed by atoms with Crippen molar-refractivity contribution in [1.29, 1.82) is 0 Å². The normalized spacial score (nSPS) is 14.1. The van der Waals surface area contributed by atoms with Crippen LogP contribution in [0.4, 0.5) is 0 Å². The standard InChI is InChI=1S/C22H41N7O7S/c1-12(2)11-16(29-18(32)13(23)5-4-9-26-22(24)25)20(34)27-14(8-10-37-3)19(33)28-15(21(35)36)6-7-17(30)31/h12-16H,4-11,23H2,1-3H3,(H,27,34)(H,28,33)(H,29,32)(H,30,31)(H,35,36)(H4,24,25,26). The molecule has 15 heteroatoms. The highest BCUT2D eigenvalue weighted by Gasteiger charge is 2.30. The summed E-state index contributed by atoms with van der Waals surface area (Å²) in [6, 6.07) is -4.41. The number of hydrogen-bond donors (Lipinski definition) is 8. The summed E-state index contributed by atoms with van der Waals surface area (Å²) in [7, 11) is 0. The SMILES string of the molecule is CSCCC(NC(=O)C(CC(C)C)NC(=O)C(N)CCCN=C(N)N)C(=O)NC(CCC(=O)O)C(=O)O. The molecule has 0 radical (unpaired) electrons. The van der Waals surface area contributed by atoms with Gasteiger partial charge in [-0.1, -0.05) is 13.8 Å². The molecule has 11 N–H and O–H groups in total. The maximum absolute atomic E-state index is 13.1. The smallest absolute Gasteiger partial charge is 0.326 e. The van der Waals surface area contributed by atoms with Gasteiger partial charge in [0.2, 0.25) is 17.7 Å². The average Bonchev–Trinajstić information content (AvgIpc) is 2.80. The topological polar surface area (TPSA) is 252 Å². The lowest BCUT2D eigenvalue weighted by atomic mass is 10.0. The first kappa shape index (κ1) is 33.9. The first-order chi connectivity index (χ1) is 17.3. The summed E-state index contributed by atoms with van der Waals surface area (Å²) < 4.78 is 0. The Morgan fingerprint density at radius 2 is 1.43 bits per heavy atom. The van der Waals surface area contributed by atoms with Crippen molar-refractivity contribution in [3.05, 3.63) is 0 Å². The molecule has 0 saturated carbocycles. The van der Waals surface area contributed by atoms with Crippen LogP contribution in [-0.4, -0.2) is 88.6 Å². The van der Waals surface area contributed by atoms with Crippen molar-refractivity contribution in [2.24, 2.45) is 28.1 Å². The zero-order chi connectivity index (χ0) is 28.5. The molecule has 0 aromatic carbocycles. The highest BCUT2D eigenvalue weighted by atomic mass is 32.2. The molecule has 0 spiro atoms. The number of aliphatic carboxylic acids is 2. The Hall–Kier alpha value is -3.07. The molecule has 0 saturated heterocycles. The minimum atomic E-state index is -1.43. The number of thioether (sulfide) groups is 1. The summed E-state index contributed by atoms with van der Waals surface area (Å²) in [6.07, 6.45) is 2.24. The molecular formula is C22H41N7O7S. The van der Waals surface area contributed by atoms with Crippen LogP contribution in [0.5, 0.6) is 0 Å². The van der Waals surface area contributed by atoms with E-state index in [-0.39, 0.29) is 37.6 Å². The molecule has 0 aliphatic carbocycles. The Labute approximate surface area is 220 Å². The van der Waals surface area contributed by atoms with E-state index in [1.165, 1.54) is 11.8 Å². The number of carbonyl (C=O) groups excluding carboxylic acids is 3. The van der Waals surface area contributed by atoms with Gasteiger partial charge in [-0.05, 0) is 50.0 Å². The van der Waals surface area contributed by atoms with E-state index >= 15 is 0 Å². The van der Waals surface area contributed by atoms with Gasteiger partial charge >= 0.3 is 11.9 Å². The van der Waals surface area contributed by atoms with Gasteiger partial charge in [0.25, 0.3) is 0 Å². The molecule has 212 valence electrons. The van der Waals surface area contributed by atoms with Crippen molar-refractivity contribution in [3.8, 4) is 0 Å². The van der Waals surface area contributed by atoms with Crippen LogP contribution in [0, 0.1) is 5.92 Å². The zero-order valence-corrected chi connectivity index (χ0v) is 22.4. The monoisotopic (exact) mass is 547 g/mol. The predicted octanol–water partition coefficient (Wildman–Crippen LogP) is -1.43. The number of carboxylic acids is 2. The fraction of sp³-hybridized carbons (Fsp3) is 0.727. The third-order valence-electron chi connectivity index (χ3n) is 5.15. The number of nitrogens with two attached hydrogens (primary N) is 3. The van der Waals surface area contributed by atoms with Crippen molar-refractivity contribution in [2.75, 3.05) is 18.6 Å². The molecule has 37 heavy (non-hydrogen) atoms. The molecule has 0 aromatic rings. The summed E-state index contributed by atoms with van der Waals surface area (Å²) in [6.45, 7) is 4.02. The van der Waals surface area contributed by atoms with Gasteiger partial charge in [0.1, 0.15) is 18.1 Å². The number of rotatable bonds is 19. The number of nitrogens with zero attached hydrogens (tertiary/aromatic N) is 1. The highest BCUT2D eigenvalue weighted by molar-refractivity contribution is 7.98. The Bertz CT molecular complexity index is 806. The number of hydrogen-bond acceptors (Lipinski definition) is 8. The Kier molecular flexibility index (Phi) is 16.7. The lowest BCUT2D eigenvalue weighted by Crippen LogP contribution is -2.57. The van der Waals surface area contributed by atoms with Crippen LogP contribution in [-0.2, 0) is 24.0 Å². The number of carboxylic acid groups (broad SMARTS) is 2. The fourth-order valence-electron chi connectivity index (χ4n) is 3.21. The number of aliphatic imine (C=N–C) groups is 1.